The molecule has 0 aromatic heterocycles. The normalized spacial score (nSPS) is 44.6. The van der Waals surface area contributed by atoms with E-state index in [0.717, 1.165) is 38.5 Å². The average molecular weight is 389 g/mol. The van der Waals surface area contributed by atoms with Gasteiger partial charge in [0.25, 0.3) is 0 Å². The Hall–Kier alpha value is -1.65. The first kappa shape index (κ1) is 19.7. The van der Waals surface area contributed by atoms with Crippen LogP contribution in [-0.2, 0) is 23.9 Å². The van der Waals surface area contributed by atoms with Gasteiger partial charge in [-0.15, -0.1) is 0 Å². The molecule has 0 N–H and O–H groups in total. The van der Waals surface area contributed by atoms with E-state index in [1.807, 2.05) is 6.08 Å². The molecule has 0 saturated heterocycles. The zero-order chi connectivity index (χ0) is 20.3. The topological polar surface area (TPSA) is 69.7 Å². The first-order chi connectivity index (χ1) is 13.1. The smallest absolute Gasteiger partial charge is 0.302 e. The van der Waals surface area contributed by atoms with Gasteiger partial charge in [0, 0.05) is 31.6 Å². The highest BCUT2D eigenvalue weighted by Crippen LogP contribution is 2.64. The largest absolute Gasteiger partial charge is 0.462 e. The molecule has 0 bridgehead atoms. The predicted octanol–water partition coefficient (Wildman–Crippen LogP) is 3.99. The molecular formula is C23H32O5. The van der Waals surface area contributed by atoms with E-state index in [0.29, 0.717) is 12.3 Å². The van der Waals surface area contributed by atoms with Crippen LogP contribution in [0.4, 0.5) is 0 Å². The highest BCUT2D eigenvalue weighted by atomic mass is 16.5. The summed E-state index contributed by atoms with van der Waals surface area (Å²) in [6, 6.07) is 0. The highest BCUT2D eigenvalue weighted by molar-refractivity contribution is 5.94. The monoisotopic (exact) mass is 388 g/mol. The molecule has 0 aromatic carbocycles. The maximum Gasteiger partial charge on any atom is 0.302 e. The van der Waals surface area contributed by atoms with Gasteiger partial charge in [-0.3, -0.25) is 14.4 Å². The second-order valence-corrected chi connectivity index (χ2v) is 9.92. The van der Waals surface area contributed by atoms with Crippen LogP contribution in [0.5, 0.6) is 0 Å². The lowest BCUT2D eigenvalue weighted by Gasteiger charge is -2.56. The molecule has 4 aliphatic rings. The van der Waals surface area contributed by atoms with Gasteiger partial charge in [0.1, 0.15) is 12.2 Å². The fourth-order valence-corrected chi connectivity index (χ4v) is 7.05. The Morgan fingerprint density at radius 1 is 0.964 bits per heavy atom. The number of esters is 2. The van der Waals surface area contributed by atoms with E-state index in [-0.39, 0.29) is 52.6 Å². The molecule has 3 fully saturated rings. The summed E-state index contributed by atoms with van der Waals surface area (Å²) >= 11 is 0. The van der Waals surface area contributed by atoms with Crippen molar-refractivity contribution < 1.29 is 23.9 Å². The number of allylic oxidation sites excluding steroid dienone is 1. The van der Waals surface area contributed by atoms with E-state index in [4.69, 9.17) is 9.47 Å². The molecule has 154 valence electrons. The van der Waals surface area contributed by atoms with Gasteiger partial charge in [-0.25, -0.2) is 0 Å². The maximum atomic E-state index is 13.3. The van der Waals surface area contributed by atoms with Crippen molar-refractivity contribution in [1.82, 2.24) is 0 Å². The Morgan fingerprint density at radius 2 is 1.68 bits per heavy atom. The van der Waals surface area contributed by atoms with Crippen LogP contribution in [0.15, 0.2) is 11.6 Å². The minimum atomic E-state index is -0.245. The number of carbonyl (C=O) groups excluding carboxylic acids is 3. The van der Waals surface area contributed by atoms with Crippen molar-refractivity contribution in [2.24, 2.45) is 28.6 Å². The molecule has 4 aliphatic carbocycles. The van der Waals surface area contributed by atoms with Crippen molar-refractivity contribution in [2.45, 2.75) is 84.8 Å². The first-order valence-corrected chi connectivity index (χ1v) is 10.7. The first-order valence-electron chi connectivity index (χ1n) is 10.7. The summed E-state index contributed by atoms with van der Waals surface area (Å²) in [5, 5.41) is 0. The van der Waals surface area contributed by atoms with Gasteiger partial charge in [0.2, 0.25) is 0 Å². The predicted molar refractivity (Wildman–Crippen MR) is 103 cm³/mol. The summed E-state index contributed by atoms with van der Waals surface area (Å²) in [7, 11) is 0. The SMILES string of the molecule is CC(=O)O[C@@H]1CC[C@@]2(C)C(=CC(=O)[C@H]3[C@@H]4CC[C@@H](OC(C)=O)[C@@]4(C)CC[C@@H]32)C1. The van der Waals surface area contributed by atoms with Crippen LogP contribution < -0.4 is 0 Å². The Labute approximate surface area is 167 Å². The molecule has 0 aromatic rings. The molecule has 7 atom stereocenters. The van der Waals surface area contributed by atoms with Crippen LogP contribution in [0.25, 0.3) is 0 Å². The van der Waals surface area contributed by atoms with E-state index in [1.165, 1.54) is 19.4 Å². The van der Waals surface area contributed by atoms with Crippen LogP contribution in [0.1, 0.15) is 72.6 Å². The summed E-state index contributed by atoms with van der Waals surface area (Å²) in [6.07, 6.45) is 8.02. The molecule has 4 rings (SSSR count). The van der Waals surface area contributed by atoms with Crippen LogP contribution in [0.3, 0.4) is 0 Å². The fourth-order valence-electron chi connectivity index (χ4n) is 7.05. The standard InChI is InChI=1S/C23H32O5/c1-13(24)27-16-7-9-22(3)15(11-16)12-19(26)21-17-5-6-20(28-14(2)25)23(17,4)10-8-18(21)22/h12,16-18,20-21H,5-11H2,1-4H3/t16-,17+,18+,20-,21+,22+,23+/m1/s1. The number of rotatable bonds is 2. The van der Waals surface area contributed by atoms with E-state index in [2.05, 4.69) is 13.8 Å². The Morgan fingerprint density at radius 3 is 2.36 bits per heavy atom. The molecule has 0 heterocycles. The number of hydrogen-bond donors (Lipinski definition) is 0. The molecule has 5 heteroatoms. The van der Waals surface area contributed by atoms with Crippen LogP contribution >= 0.6 is 0 Å². The molecule has 0 unspecified atom stereocenters. The molecule has 3 saturated carbocycles. The van der Waals surface area contributed by atoms with Crippen LogP contribution in [0.2, 0.25) is 0 Å². The number of hydrogen-bond acceptors (Lipinski definition) is 5. The highest BCUT2D eigenvalue weighted by Gasteiger charge is 2.61. The second kappa shape index (κ2) is 6.70. The summed E-state index contributed by atoms with van der Waals surface area (Å²) < 4.78 is 11.1. The van der Waals surface area contributed by atoms with E-state index in [9.17, 15) is 14.4 Å². The minimum absolute atomic E-state index is 0.01000. The van der Waals surface area contributed by atoms with Gasteiger partial charge in [-0.1, -0.05) is 19.4 Å². The van der Waals surface area contributed by atoms with Crippen molar-refractivity contribution in [3.63, 3.8) is 0 Å². The number of carbonyl (C=O) groups is 3. The lowest BCUT2D eigenvalue weighted by molar-refractivity contribution is -0.158. The molecule has 0 spiro atoms. The summed E-state index contributed by atoms with van der Waals surface area (Å²) in [4.78, 5) is 36.2. The van der Waals surface area contributed by atoms with Gasteiger partial charge >= 0.3 is 11.9 Å². The third kappa shape index (κ3) is 2.93. The van der Waals surface area contributed by atoms with E-state index >= 15 is 0 Å². The molecule has 28 heavy (non-hydrogen) atoms. The quantitative estimate of drug-likeness (QED) is 0.669. The van der Waals surface area contributed by atoms with Crippen LogP contribution in [-0.4, -0.2) is 29.9 Å². The van der Waals surface area contributed by atoms with Gasteiger partial charge in [-0.05, 0) is 61.9 Å². The molecule has 0 amide bonds. The third-order valence-corrected chi connectivity index (χ3v) is 8.45. The maximum absolute atomic E-state index is 13.3. The summed E-state index contributed by atoms with van der Waals surface area (Å²) in [5.74, 6) is 0.419. The van der Waals surface area contributed by atoms with Gasteiger partial charge in [0.05, 0.1) is 0 Å². The Kier molecular flexibility index (Phi) is 4.71. The van der Waals surface area contributed by atoms with Gasteiger partial charge in [0.15, 0.2) is 5.78 Å². The van der Waals surface area contributed by atoms with Gasteiger partial charge < -0.3 is 9.47 Å². The zero-order valence-corrected chi connectivity index (χ0v) is 17.5. The van der Waals surface area contributed by atoms with Crippen molar-refractivity contribution in [1.29, 1.82) is 0 Å². The van der Waals surface area contributed by atoms with Crippen molar-refractivity contribution in [2.75, 3.05) is 0 Å². The lowest BCUT2D eigenvalue weighted by Crippen LogP contribution is -2.54. The van der Waals surface area contributed by atoms with Crippen molar-refractivity contribution in [3.05, 3.63) is 11.6 Å². The molecule has 0 aliphatic heterocycles. The second-order valence-electron chi connectivity index (χ2n) is 9.92. The number of ether oxygens (including phenoxy) is 2. The fraction of sp³-hybridized carbons (Fsp3) is 0.783. The van der Waals surface area contributed by atoms with Crippen molar-refractivity contribution >= 4 is 17.7 Å². The van der Waals surface area contributed by atoms with Crippen LogP contribution in [0, 0.1) is 28.6 Å². The third-order valence-electron chi connectivity index (χ3n) is 8.45. The van der Waals surface area contributed by atoms with Crippen molar-refractivity contribution in [3.8, 4) is 0 Å². The van der Waals surface area contributed by atoms with E-state index in [1.54, 1.807) is 0 Å². The molecule has 0 radical (unpaired) electrons. The Balaban J connectivity index is 1.62. The number of fused-ring (bicyclic) bond motifs is 5. The average Bonchev–Trinajstić information content (AvgIpc) is 2.92. The zero-order valence-electron chi connectivity index (χ0n) is 17.5. The minimum Gasteiger partial charge on any atom is -0.462 e. The Bertz CT molecular complexity index is 739. The molecular weight excluding hydrogens is 356 g/mol. The van der Waals surface area contributed by atoms with Gasteiger partial charge in [-0.2, -0.15) is 0 Å². The summed E-state index contributed by atoms with van der Waals surface area (Å²) in [6.45, 7) is 7.46. The number of ketones is 1. The van der Waals surface area contributed by atoms with E-state index < -0.39 is 0 Å². The molecule has 5 nitrogen and oxygen atoms in total. The lowest BCUT2D eigenvalue weighted by atomic mass is 9.47. The summed E-state index contributed by atoms with van der Waals surface area (Å²) in [5.41, 5.74) is 1.09.